The summed E-state index contributed by atoms with van der Waals surface area (Å²) in [6.45, 7) is 0.228. The van der Waals surface area contributed by atoms with Gasteiger partial charge in [-0.15, -0.1) is 0 Å². The Kier molecular flexibility index (Phi) is 4.41. The molecule has 0 saturated carbocycles. The molecule has 0 amide bonds. The van der Waals surface area contributed by atoms with Gasteiger partial charge in [-0.25, -0.2) is 18.5 Å². The van der Waals surface area contributed by atoms with Crippen molar-refractivity contribution >= 4 is 21.5 Å². The van der Waals surface area contributed by atoms with Crippen molar-refractivity contribution in [3.63, 3.8) is 0 Å². The number of anilines is 2. The largest absolute Gasteiger partial charge is 0.399 e. The minimum absolute atomic E-state index is 0.0628. The van der Waals surface area contributed by atoms with Gasteiger partial charge in [-0.2, -0.15) is 0 Å². The monoisotopic (exact) mass is 308 g/mol. The van der Waals surface area contributed by atoms with E-state index in [1.54, 1.807) is 24.3 Å². The van der Waals surface area contributed by atoms with Gasteiger partial charge in [0, 0.05) is 18.4 Å². The fourth-order valence-electron chi connectivity index (χ4n) is 1.69. The van der Waals surface area contributed by atoms with Gasteiger partial charge >= 0.3 is 0 Å². The lowest BCUT2D eigenvalue weighted by Gasteiger charge is -2.13. The normalized spacial score (nSPS) is 12.9. The molecule has 2 rings (SSSR count). The summed E-state index contributed by atoms with van der Waals surface area (Å²) in [7, 11) is -3.75. The number of nitrogen functional groups attached to an aromatic ring is 1. The Labute approximate surface area is 122 Å². The number of hydrogen-bond donors (Lipinski definition) is 4. The van der Waals surface area contributed by atoms with Crippen molar-refractivity contribution in [3.8, 4) is 0 Å². The topological polar surface area (TPSA) is 131 Å². The van der Waals surface area contributed by atoms with Crippen LogP contribution >= 0.6 is 0 Å². The van der Waals surface area contributed by atoms with E-state index < -0.39 is 16.1 Å². The third kappa shape index (κ3) is 4.15. The lowest BCUT2D eigenvalue weighted by molar-refractivity contribution is 0.191. The van der Waals surface area contributed by atoms with Gasteiger partial charge in [0.15, 0.2) is 0 Å². The molecule has 1 heterocycles. The van der Waals surface area contributed by atoms with E-state index in [2.05, 4.69) is 10.3 Å². The van der Waals surface area contributed by atoms with Gasteiger partial charge in [-0.3, -0.25) is 0 Å². The van der Waals surface area contributed by atoms with Gasteiger partial charge in [-0.1, -0.05) is 12.1 Å². The average Bonchev–Trinajstić information content (AvgIpc) is 2.45. The maximum atomic E-state index is 11.1. The van der Waals surface area contributed by atoms with Crippen molar-refractivity contribution < 1.29 is 13.5 Å². The number of benzene rings is 1. The zero-order chi connectivity index (χ0) is 15.5. The summed E-state index contributed by atoms with van der Waals surface area (Å²) in [5.74, 6) is 0.442. The molecule has 0 aliphatic rings. The predicted octanol–water partition coefficient (Wildman–Crippen LogP) is 0.457. The molecule has 0 aliphatic heterocycles. The van der Waals surface area contributed by atoms with Crippen LogP contribution in [0.3, 0.4) is 0 Å². The van der Waals surface area contributed by atoms with E-state index in [4.69, 9.17) is 10.9 Å². The maximum absolute atomic E-state index is 11.1. The number of hydrogen-bond acceptors (Lipinski definition) is 6. The number of primary sulfonamides is 1. The Morgan fingerprint density at radius 2 is 1.86 bits per heavy atom. The molecule has 0 fully saturated rings. The van der Waals surface area contributed by atoms with E-state index in [0.717, 1.165) is 11.8 Å². The first-order valence-electron chi connectivity index (χ1n) is 6.12. The van der Waals surface area contributed by atoms with Crippen molar-refractivity contribution in [3.05, 3.63) is 48.2 Å². The maximum Gasteiger partial charge on any atom is 0.239 e. The summed E-state index contributed by atoms with van der Waals surface area (Å²) in [6, 6.07) is 9.71. The summed E-state index contributed by atoms with van der Waals surface area (Å²) in [5.41, 5.74) is 6.92. The zero-order valence-corrected chi connectivity index (χ0v) is 11.9. The number of aliphatic hydroxyl groups is 1. The van der Waals surface area contributed by atoms with Crippen molar-refractivity contribution in [2.24, 2.45) is 5.14 Å². The number of aliphatic hydroxyl groups excluding tert-OH is 1. The van der Waals surface area contributed by atoms with Crippen LogP contribution in [0.5, 0.6) is 0 Å². The molecule has 21 heavy (non-hydrogen) atoms. The highest BCUT2D eigenvalue weighted by molar-refractivity contribution is 7.89. The van der Waals surface area contributed by atoms with E-state index in [1.165, 1.54) is 12.1 Å². The van der Waals surface area contributed by atoms with Gasteiger partial charge in [0.2, 0.25) is 10.0 Å². The van der Waals surface area contributed by atoms with Crippen LogP contribution in [0, 0.1) is 0 Å². The van der Waals surface area contributed by atoms with Crippen LogP contribution in [0.2, 0.25) is 0 Å². The Bertz CT molecular complexity index is 699. The Balaban J connectivity index is 1.98. The lowest BCUT2D eigenvalue weighted by atomic mass is 10.1. The molecular formula is C13H16N4O3S. The SMILES string of the molecule is Nc1ccc(C(O)CNc2ccc(S(N)(=O)=O)cn2)cc1. The summed E-state index contributed by atoms with van der Waals surface area (Å²) in [4.78, 5) is 3.86. The van der Waals surface area contributed by atoms with Gasteiger partial charge in [0.1, 0.15) is 10.7 Å². The van der Waals surface area contributed by atoms with Crippen molar-refractivity contribution in [2.75, 3.05) is 17.6 Å². The molecule has 1 aromatic heterocycles. The van der Waals surface area contributed by atoms with E-state index in [-0.39, 0.29) is 11.4 Å². The van der Waals surface area contributed by atoms with Crippen molar-refractivity contribution in [1.82, 2.24) is 4.98 Å². The summed E-state index contributed by atoms with van der Waals surface area (Å²) in [5, 5.41) is 17.9. The van der Waals surface area contributed by atoms with E-state index in [0.29, 0.717) is 11.5 Å². The first-order valence-corrected chi connectivity index (χ1v) is 7.67. The number of aromatic nitrogens is 1. The van der Waals surface area contributed by atoms with Crippen LogP contribution in [0.4, 0.5) is 11.5 Å². The molecule has 0 bridgehead atoms. The molecule has 8 heteroatoms. The molecule has 1 unspecified atom stereocenters. The van der Waals surface area contributed by atoms with Crippen LogP contribution < -0.4 is 16.2 Å². The molecular weight excluding hydrogens is 292 g/mol. The summed E-state index contributed by atoms with van der Waals surface area (Å²) in [6.07, 6.45) is 0.429. The fraction of sp³-hybridized carbons (Fsp3) is 0.154. The Morgan fingerprint density at radius 1 is 1.19 bits per heavy atom. The molecule has 1 aromatic carbocycles. The second kappa shape index (κ2) is 6.08. The quantitative estimate of drug-likeness (QED) is 0.593. The number of nitrogens with two attached hydrogens (primary N) is 2. The van der Waals surface area contributed by atoms with Crippen molar-refractivity contribution in [2.45, 2.75) is 11.0 Å². The molecule has 0 radical (unpaired) electrons. The Hall–Kier alpha value is -2.16. The van der Waals surface area contributed by atoms with Crippen LogP contribution in [0.25, 0.3) is 0 Å². The highest BCUT2D eigenvalue weighted by atomic mass is 32.2. The first kappa shape index (κ1) is 15.2. The number of nitrogens with one attached hydrogen (secondary N) is 1. The average molecular weight is 308 g/mol. The minimum Gasteiger partial charge on any atom is -0.399 e. The molecule has 6 N–H and O–H groups in total. The van der Waals surface area contributed by atoms with Gasteiger partial charge < -0.3 is 16.2 Å². The number of rotatable bonds is 5. The molecule has 1 atom stereocenters. The third-order valence-electron chi connectivity index (χ3n) is 2.86. The highest BCUT2D eigenvalue weighted by Gasteiger charge is 2.09. The molecule has 0 saturated heterocycles. The van der Waals surface area contributed by atoms with E-state index in [9.17, 15) is 13.5 Å². The molecule has 0 aliphatic carbocycles. The minimum atomic E-state index is -3.75. The van der Waals surface area contributed by atoms with Gasteiger partial charge in [0.05, 0.1) is 6.10 Å². The van der Waals surface area contributed by atoms with E-state index in [1.807, 2.05) is 0 Å². The fourth-order valence-corrected chi connectivity index (χ4v) is 2.15. The second-order valence-electron chi connectivity index (χ2n) is 4.49. The first-order chi connectivity index (χ1) is 9.86. The van der Waals surface area contributed by atoms with Crippen LogP contribution in [0.1, 0.15) is 11.7 Å². The van der Waals surface area contributed by atoms with Crippen LogP contribution in [-0.2, 0) is 10.0 Å². The van der Waals surface area contributed by atoms with Gasteiger partial charge in [0.25, 0.3) is 0 Å². The zero-order valence-electron chi connectivity index (χ0n) is 11.1. The molecule has 7 nitrogen and oxygen atoms in total. The Morgan fingerprint density at radius 3 is 2.38 bits per heavy atom. The molecule has 0 spiro atoms. The van der Waals surface area contributed by atoms with Crippen LogP contribution in [-0.4, -0.2) is 25.1 Å². The predicted molar refractivity (Wildman–Crippen MR) is 79.9 cm³/mol. The number of nitrogens with zero attached hydrogens (tertiary/aromatic N) is 1. The third-order valence-corrected chi connectivity index (χ3v) is 3.76. The van der Waals surface area contributed by atoms with Crippen LogP contribution in [0.15, 0.2) is 47.5 Å². The van der Waals surface area contributed by atoms with E-state index >= 15 is 0 Å². The smallest absolute Gasteiger partial charge is 0.239 e. The highest BCUT2D eigenvalue weighted by Crippen LogP contribution is 2.16. The number of sulfonamides is 1. The second-order valence-corrected chi connectivity index (χ2v) is 6.05. The molecule has 2 aromatic rings. The lowest BCUT2D eigenvalue weighted by Crippen LogP contribution is -2.14. The molecule has 112 valence electrons. The summed E-state index contributed by atoms with van der Waals surface area (Å²) >= 11 is 0. The van der Waals surface area contributed by atoms with Crippen molar-refractivity contribution in [1.29, 1.82) is 0 Å². The number of pyridine rings is 1. The standard InChI is InChI=1S/C13H16N4O3S/c14-10-3-1-9(2-4-10)12(18)8-17-13-6-5-11(7-16-13)21(15,19)20/h1-7,12,18H,8,14H2,(H,16,17)(H2,15,19,20). The summed E-state index contributed by atoms with van der Waals surface area (Å²) < 4.78 is 22.2. The van der Waals surface area contributed by atoms with Gasteiger partial charge in [-0.05, 0) is 29.8 Å².